The van der Waals surface area contributed by atoms with Gasteiger partial charge in [-0.3, -0.25) is 19.8 Å². The molecule has 9 rings (SSSR count). The van der Waals surface area contributed by atoms with Crippen molar-refractivity contribution < 1.29 is 32.6 Å². The number of halogens is 1. The van der Waals surface area contributed by atoms with E-state index in [0.717, 1.165) is 69.6 Å². The fraction of sp³-hybridized carbons (Fsp3) is 0.425. The number of ether oxygens (including phenoxy) is 3. The zero-order valence-corrected chi connectivity index (χ0v) is 30.5. The van der Waals surface area contributed by atoms with Gasteiger partial charge in [-0.05, 0) is 50.6 Å². The van der Waals surface area contributed by atoms with Gasteiger partial charge in [-0.15, -0.1) is 0 Å². The van der Waals surface area contributed by atoms with E-state index in [2.05, 4.69) is 25.8 Å². The molecule has 0 saturated carbocycles. The first-order valence-corrected chi connectivity index (χ1v) is 19.2. The number of para-hydroxylation sites is 1. The summed E-state index contributed by atoms with van der Waals surface area (Å²) in [5, 5.41) is 10.7. The third-order valence-corrected chi connectivity index (χ3v) is 11.1. The first-order chi connectivity index (χ1) is 26.9. The van der Waals surface area contributed by atoms with Crippen LogP contribution in [0.15, 0.2) is 57.9 Å². The minimum absolute atomic E-state index is 0.0253. The van der Waals surface area contributed by atoms with Crippen molar-refractivity contribution in [3.05, 3.63) is 70.3 Å². The Morgan fingerprint density at radius 2 is 1.71 bits per heavy atom. The standard InChI is InChI=1S/C40H44FN7O7/c41-30-19-28-35-38(36(30)47-12-7-25(22-47)44-40(51)53-24-42-8-13-46-15-17-52-18-16-46)55-34-20-27-26-5-1-2-6-32(26)54-33(27)21-31(34)48(35)23-29(37(28)49)39(50)43-9-14-45-10-3-4-11-45/h1-2,5-6,19-21,23,25,42H,3-4,7-18,22,24H2,(H,43,50)(H,44,51)/t25-/m1/s1. The van der Waals surface area contributed by atoms with E-state index in [9.17, 15) is 14.4 Å². The lowest BCUT2D eigenvalue weighted by molar-refractivity contribution is 0.0374. The first kappa shape index (κ1) is 35.5. The van der Waals surface area contributed by atoms with Crippen molar-refractivity contribution >= 4 is 50.5 Å². The number of rotatable bonds is 11. The molecule has 2 amide bonds. The van der Waals surface area contributed by atoms with Crippen molar-refractivity contribution in [2.45, 2.75) is 25.3 Å². The number of hydrogen-bond donors (Lipinski definition) is 3. The van der Waals surface area contributed by atoms with Crippen LogP contribution in [0.3, 0.4) is 0 Å². The highest BCUT2D eigenvalue weighted by atomic mass is 19.1. The first-order valence-electron chi connectivity index (χ1n) is 19.2. The summed E-state index contributed by atoms with van der Waals surface area (Å²) < 4.78 is 41.8. The van der Waals surface area contributed by atoms with Crippen LogP contribution in [0.4, 0.5) is 14.9 Å². The average molecular weight is 754 g/mol. The Labute approximate surface area is 316 Å². The molecule has 3 aromatic carbocycles. The second-order valence-electron chi connectivity index (χ2n) is 14.6. The number of anilines is 1. The molecule has 55 heavy (non-hydrogen) atoms. The van der Waals surface area contributed by atoms with Gasteiger partial charge < -0.3 is 43.6 Å². The predicted molar refractivity (Wildman–Crippen MR) is 205 cm³/mol. The molecular formula is C40H44FN7O7. The van der Waals surface area contributed by atoms with Gasteiger partial charge >= 0.3 is 6.09 Å². The van der Waals surface area contributed by atoms with Crippen LogP contribution in [0.5, 0.6) is 11.5 Å². The third kappa shape index (κ3) is 6.97. The number of alkyl carbamates (subject to hydrolysis) is 1. The molecule has 0 bridgehead atoms. The van der Waals surface area contributed by atoms with Crippen LogP contribution < -0.4 is 31.0 Å². The topological polar surface area (TPSA) is 143 Å². The van der Waals surface area contributed by atoms with E-state index in [-0.39, 0.29) is 35.2 Å². The van der Waals surface area contributed by atoms with E-state index < -0.39 is 23.2 Å². The van der Waals surface area contributed by atoms with Crippen molar-refractivity contribution in [1.29, 1.82) is 0 Å². The summed E-state index contributed by atoms with van der Waals surface area (Å²) >= 11 is 0. The number of hydrogen-bond acceptors (Lipinski definition) is 11. The van der Waals surface area contributed by atoms with Gasteiger partial charge in [-0.2, -0.15) is 0 Å². The quantitative estimate of drug-likeness (QED) is 0.130. The minimum Gasteiger partial charge on any atom is -0.456 e. The molecule has 0 spiro atoms. The number of nitrogens with zero attached hydrogens (tertiary/aromatic N) is 4. The number of fused-ring (bicyclic) bond motifs is 5. The van der Waals surface area contributed by atoms with Crippen LogP contribution in [0.1, 0.15) is 29.6 Å². The molecule has 3 N–H and O–H groups in total. The zero-order chi connectivity index (χ0) is 37.5. The number of carbonyl (C=O) groups excluding carboxylic acids is 2. The molecule has 14 nitrogen and oxygen atoms in total. The maximum absolute atomic E-state index is 16.5. The molecule has 6 heterocycles. The number of benzene rings is 3. The molecule has 0 unspecified atom stereocenters. The fourth-order valence-electron chi connectivity index (χ4n) is 8.25. The number of aromatic nitrogens is 1. The molecule has 0 aliphatic carbocycles. The van der Waals surface area contributed by atoms with E-state index in [0.29, 0.717) is 67.3 Å². The molecule has 0 radical (unpaired) electrons. The Bertz CT molecular complexity index is 2330. The smallest absolute Gasteiger partial charge is 0.408 e. The molecule has 3 saturated heterocycles. The van der Waals surface area contributed by atoms with Crippen LogP contribution in [0.2, 0.25) is 0 Å². The van der Waals surface area contributed by atoms with Gasteiger partial charge in [0, 0.05) is 75.4 Å². The van der Waals surface area contributed by atoms with Crippen molar-refractivity contribution in [3.63, 3.8) is 0 Å². The molecule has 15 heteroatoms. The Hall–Kier alpha value is -5.22. The van der Waals surface area contributed by atoms with Gasteiger partial charge in [0.05, 0.1) is 30.3 Å². The maximum atomic E-state index is 16.5. The van der Waals surface area contributed by atoms with Gasteiger partial charge in [0.1, 0.15) is 34.7 Å². The number of carbonyl (C=O) groups is 2. The Morgan fingerprint density at radius 3 is 2.56 bits per heavy atom. The van der Waals surface area contributed by atoms with Crippen molar-refractivity contribution in [3.8, 4) is 17.2 Å². The molecule has 1 atom stereocenters. The second kappa shape index (κ2) is 15.1. The molecule has 288 valence electrons. The molecule has 2 aromatic heterocycles. The van der Waals surface area contributed by atoms with Crippen molar-refractivity contribution in [1.82, 2.24) is 30.3 Å². The van der Waals surface area contributed by atoms with Crippen LogP contribution >= 0.6 is 0 Å². The SMILES string of the molecule is O=C(N[C@@H]1CCN(c2c(F)cc3c(=O)c(C(=O)NCCN4CCCC4)cn4c3c2Oc2cc3c(cc2-4)oc2ccccc23)C1)OCNCCN1CCOCC1. The maximum Gasteiger partial charge on any atom is 0.408 e. The number of furan rings is 1. The van der Waals surface area contributed by atoms with E-state index in [1.54, 1.807) is 4.57 Å². The Morgan fingerprint density at radius 1 is 0.909 bits per heavy atom. The molecule has 3 fully saturated rings. The van der Waals surface area contributed by atoms with Gasteiger partial charge in [-0.25, -0.2) is 9.18 Å². The van der Waals surface area contributed by atoms with E-state index in [1.807, 2.05) is 41.3 Å². The molecule has 4 aliphatic heterocycles. The van der Waals surface area contributed by atoms with Crippen molar-refractivity contribution in [2.75, 3.05) is 90.3 Å². The highest BCUT2D eigenvalue weighted by molar-refractivity contribution is 6.07. The minimum atomic E-state index is -0.663. The van der Waals surface area contributed by atoms with Crippen LogP contribution in [0.25, 0.3) is 38.5 Å². The zero-order valence-electron chi connectivity index (χ0n) is 30.5. The summed E-state index contributed by atoms with van der Waals surface area (Å²) in [5.41, 5.74) is 1.69. The fourth-order valence-corrected chi connectivity index (χ4v) is 8.25. The summed E-state index contributed by atoms with van der Waals surface area (Å²) in [6, 6.07) is 12.2. The summed E-state index contributed by atoms with van der Waals surface area (Å²) in [7, 11) is 0. The van der Waals surface area contributed by atoms with Crippen LogP contribution in [-0.4, -0.2) is 118 Å². The number of pyridine rings is 1. The van der Waals surface area contributed by atoms with Crippen LogP contribution in [0, 0.1) is 5.82 Å². The van der Waals surface area contributed by atoms with E-state index in [4.69, 9.17) is 18.6 Å². The number of nitrogens with one attached hydrogen (secondary N) is 3. The number of likely N-dealkylation sites (tertiary alicyclic amines) is 1. The number of amides is 2. The Kier molecular flexibility index (Phi) is 9.76. The summed E-state index contributed by atoms with van der Waals surface area (Å²) in [5.74, 6) is -0.599. The lowest BCUT2D eigenvalue weighted by atomic mass is 10.0. The monoisotopic (exact) mass is 753 g/mol. The van der Waals surface area contributed by atoms with Gasteiger partial charge in [0.2, 0.25) is 5.43 Å². The summed E-state index contributed by atoms with van der Waals surface area (Å²) in [4.78, 5) is 46.7. The number of morpholine rings is 1. The Balaban J connectivity index is 0.993. The van der Waals surface area contributed by atoms with Crippen LogP contribution in [-0.2, 0) is 9.47 Å². The highest BCUT2D eigenvalue weighted by Gasteiger charge is 2.34. The predicted octanol–water partition coefficient (Wildman–Crippen LogP) is 4.14. The van der Waals surface area contributed by atoms with E-state index >= 15 is 4.39 Å². The lowest BCUT2D eigenvalue weighted by Gasteiger charge is -2.29. The second-order valence-corrected chi connectivity index (χ2v) is 14.6. The summed E-state index contributed by atoms with van der Waals surface area (Å²) in [6.45, 7) is 8.57. The van der Waals surface area contributed by atoms with Crippen molar-refractivity contribution in [2.24, 2.45) is 0 Å². The van der Waals surface area contributed by atoms with Gasteiger partial charge in [0.15, 0.2) is 17.3 Å². The van der Waals surface area contributed by atoms with Gasteiger partial charge in [-0.1, -0.05) is 18.2 Å². The van der Waals surface area contributed by atoms with Gasteiger partial charge in [0.25, 0.3) is 5.91 Å². The third-order valence-electron chi connectivity index (χ3n) is 11.1. The lowest BCUT2D eigenvalue weighted by Crippen LogP contribution is -2.42. The normalized spacial score (nSPS) is 18.6. The van der Waals surface area contributed by atoms with E-state index in [1.165, 1.54) is 12.3 Å². The largest absolute Gasteiger partial charge is 0.456 e. The molecular weight excluding hydrogens is 709 g/mol. The highest BCUT2D eigenvalue weighted by Crippen LogP contribution is 2.49. The molecule has 4 aliphatic rings. The summed E-state index contributed by atoms with van der Waals surface area (Å²) in [6.07, 6.45) is 3.77. The average Bonchev–Trinajstić information content (AvgIpc) is 3.96. The molecule has 5 aromatic rings.